The Bertz CT molecular complexity index is 723. The fourth-order valence-electron chi connectivity index (χ4n) is 3.27. The maximum atomic E-state index is 13.0. The molecule has 4 nitrogen and oxygen atoms in total. The Morgan fingerprint density at radius 1 is 1.28 bits per heavy atom. The fourth-order valence-corrected chi connectivity index (χ4v) is 3.27. The predicted octanol–water partition coefficient (Wildman–Crippen LogP) is 3.83. The van der Waals surface area contributed by atoms with Crippen LogP contribution in [0.4, 0.5) is 18.9 Å². The lowest BCUT2D eigenvalue weighted by Crippen LogP contribution is -2.32. The zero-order valence-corrected chi connectivity index (χ0v) is 13.9. The third kappa shape index (κ3) is 3.86. The number of halogens is 3. The molecule has 1 amide bonds. The van der Waals surface area contributed by atoms with Gasteiger partial charge in [-0.15, -0.1) is 0 Å². The molecule has 0 heterocycles. The summed E-state index contributed by atoms with van der Waals surface area (Å²) in [4.78, 5) is 12.3. The Kier molecular flexibility index (Phi) is 4.58. The van der Waals surface area contributed by atoms with E-state index < -0.39 is 23.4 Å². The van der Waals surface area contributed by atoms with E-state index in [1.54, 1.807) is 12.1 Å². The first-order chi connectivity index (χ1) is 11.8. The summed E-state index contributed by atoms with van der Waals surface area (Å²) < 4.78 is 39.0. The smallest absolute Gasteiger partial charge is 0.322 e. The SMILES string of the molecule is C=C(C(=O)Nc1ccccc1C1CC1C1CC1)/C(=N\NC)C(F)(F)F. The van der Waals surface area contributed by atoms with Gasteiger partial charge in [0.15, 0.2) is 5.71 Å². The average molecular weight is 351 g/mol. The molecule has 7 heteroatoms. The lowest BCUT2D eigenvalue weighted by Gasteiger charge is -2.15. The van der Waals surface area contributed by atoms with E-state index >= 15 is 0 Å². The number of hydrogen-bond acceptors (Lipinski definition) is 3. The molecule has 0 saturated heterocycles. The zero-order valence-electron chi connectivity index (χ0n) is 13.9. The molecule has 2 N–H and O–H groups in total. The van der Waals surface area contributed by atoms with E-state index in [2.05, 4.69) is 22.4 Å². The highest BCUT2D eigenvalue weighted by Crippen LogP contribution is 2.60. The number of anilines is 1. The van der Waals surface area contributed by atoms with E-state index in [9.17, 15) is 18.0 Å². The molecular weight excluding hydrogens is 331 g/mol. The molecule has 2 atom stereocenters. The molecule has 134 valence electrons. The summed E-state index contributed by atoms with van der Waals surface area (Å²) >= 11 is 0. The topological polar surface area (TPSA) is 53.5 Å². The first-order valence-corrected chi connectivity index (χ1v) is 8.24. The summed E-state index contributed by atoms with van der Waals surface area (Å²) in [5.74, 6) is 0.883. The van der Waals surface area contributed by atoms with Crippen LogP contribution < -0.4 is 10.7 Å². The van der Waals surface area contributed by atoms with Crippen LogP contribution in [-0.4, -0.2) is 24.8 Å². The van der Waals surface area contributed by atoms with Crippen molar-refractivity contribution >= 4 is 17.3 Å². The third-order valence-electron chi connectivity index (χ3n) is 4.73. The normalized spacial score (nSPS) is 23.1. The molecule has 25 heavy (non-hydrogen) atoms. The second-order valence-electron chi connectivity index (χ2n) is 6.55. The number of alkyl halides is 3. The number of rotatable bonds is 6. The van der Waals surface area contributed by atoms with Crippen molar-refractivity contribution in [1.82, 2.24) is 5.43 Å². The molecular formula is C18H20F3N3O. The van der Waals surface area contributed by atoms with Gasteiger partial charge in [-0.3, -0.25) is 4.79 Å². The van der Waals surface area contributed by atoms with Gasteiger partial charge in [0.25, 0.3) is 5.91 Å². The van der Waals surface area contributed by atoms with Crippen LogP contribution in [0.5, 0.6) is 0 Å². The first-order valence-electron chi connectivity index (χ1n) is 8.24. The molecule has 1 aromatic rings. The van der Waals surface area contributed by atoms with Gasteiger partial charge in [0.05, 0.1) is 5.57 Å². The Hall–Kier alpha value is -2.31. The van der Waals surface area contributed by atoms with Gasteiger partial charge in [-0.25, -0.2) is 0 Å². The summed E-state index contributed by atoms with van der Waals surface area (Å²) in [5, 5.41) is 5.73. The summed E-state index contributed by atoms with van der Waals surface area (Å²) in [5.41, 5.74) is 1.56. The predicted molar refractivity (Wildman–Crippen MR) is 90.3 cm³/mol. The highest BCUT2D eigenvalue weighted by atomic mass is 19.4. The molecule has 3 rings (SSSR count). The van der Waals surface area contributed by atoms with Crippen LogP contribution in [0.2, 0.25) is 0 Å². The van der Waals surface area contributed by atoms with E-state index in [4.69, 9.17) is 0 Å². The summed E-state index contributed by atoms with van der Waals surface area (Å²) in [6.45, 7) is 3.28. The number of hydrazone groups is 1. The van der Waals surface area contributed by atoms with Crippen molar-refractivity contribution < 1.29 is 18.0 Å². The van der Waals surface area contributed by atoms with Crippen LogP contribution >= 0.6 is 0 Å². The Labute approximate surface area is 144 Å². The fraction of sp³-hybridized carbons (Fsp3) is 0.444. The number of carbonyl (C=O) groups excluding carboxylic acids is 1. The van der Waals surface area contributed by atoms with E-state index in [0.29, 0.717) is 17.5 Å². The molecule has 2 aliphatic rings. The number of nitrogens with one attached hydrogen (secondary N) is 2. The van der Waals surface area contributed by atoms with E-state index in [-0.39, 0.29) is 0 Å². The molecule has 0 aromatic heterocycles. The van der Waals surface area contributed by atoms with Gasteiger partial charge in [-0.2, -0.15) is 18.3 Å². The monoisotopic (exact) mass is 351 g/mol. The van der Waals surface area contributed by atoms with Crippen molar-refractivity contribution in [3.8, 4) is 0 Å². The van der Waals surface area contributed by atoms with E-state index in [1.807, 2.05) is 12.1 Å². The standard InChI is InChI=1S/C18H20F3N3O/c1-10(16(24-22-2)18(19,20)21)17(25)23-15-6-4-3-5-12(15)14-9-13(14)11-7-8-11/h3-6,11,13-14,22H,1,7-9H2,2H3,(H,23,25)/b24-16+. The van der Waals surface area contributed by atoms with Crippen molar-refractivity contribution in [2.45, 2.75) is 31.4 Å². The number of amides is 1. The maximum absolute atomic E-state index is 13.0. The van der Waals surface area contributed by atoms with E-state index in [0.717, 1.165) is 17.9 Å². The van der Waals surface area contributed by atoms with Crippen molar-refractivity contribution in [3.63, 3.8) is 0 Å². The minimum absolute atomic E-state index is 0.380. The largest absolute Gasteiger partial charge is 0.435 e. The molecule has 0 bridgehead atoms. The Morgan fingerprint density at radius 3 is 2.56 bits per heavy atom. The van der Waals surface area contributed by atoms with Gasteiger partial charge >= 0.3 is 6.18 Å². The minimum Gasteiger partial charge on any atom is -0.322 e. The number of nitrogens with zero attached hydrogens (tertiary/aromatic N) is 1. The van der Waals surface area contributed by atoms with Crippen LogP contribution in [0.15, 0.2) is 41.5 Å². The van der Waals surface area contributed by atoms with E-state index in [1.165, 1.54) is 19.9 Å². The third-order valence-corrected chi connectivity index (χ3v) is 4.73. The quantitative estimate of drug-likeness (QED) is 0.465. The number of carbonyl (C=O) groups is 1. The lowest BCUT2D eigenvalue weighted by molar-refractivity contribution is -0.113. The Morgan fingerprint density at radius 2 is 1.96 bits per heavy atom. The van der Waals surface area contributed by atoms with Gasteiger partial charge in [0.1, 0.15) is 0 Å². The molecule has 0 radical (unpaired) electrons. The second-order valence-corrected chi connectivity index (χ2v) is 6.55. The molecule has 0 spiro atoms. The zero-order chi connectivity index (χ0) is 18.2. The van der Waals surface area contributed by atoms with Crippen molar-refractivity contribution in [3.05, 3.63) is 42.0 Å². The lowest BCUT2D eigenvalue weighted by atomic mass is 10.0. The van der Waals surface area contributed by atoms with Crippen molar-refractivity contribution in [2.75, 3.05) is 12.4 Å². The minimum atomic E-state index is -4.76. The van der Waals surface area contributed by atoms with Gasteiger partial charge in [0.2, 0.25) is 0 Å². The molecule has 0 aliphatic heterocycles. The Balaban J connectivity index is 1.75. The van der Waals surface area contributed by atoms with Crippen molar-refractivity contribution in [2.24, 2.45) is 16.9 Å². The summed E-state index contributed by atoms with van der Waals surface area (Å²) in [6.07, 6.45) is -1.18. The first kappa shape index (κ1) is 17.5. The molecule has 1 aromatic carbocycles. The van der Waals surface area contributed by atoms with Crippen LogP contribution in [0, 0.1) is 11.8 Å². The summed E-state index contributed by atoms with van der Waals surface area (Å²) in [7, 11) is 1.23. The summed E-state index contributed by atoms with van der Waals surface area (Å²) in [6, 6.07) is 7.28. The number of para-hydroxylation sites is 1. The molecule has 2 aliphatic carbocycles. The molecule has 2 unspecified atom stereocenters. The number of hydrogen-bond donors (Lipinski definition) is 2. The molecule has 2 saturated carbocycles. The number of benzene rings is 1. The maximum Gasteiger partial charge on any atom is 0.435 e. The van der Waals surface area contributed by atoms with Gasteiger partial charge in [0, 0.05) is 12.7 Å². The second kappa shape index (κ2) is 6.54. The van der Waals surface area contributed by atoms with Gasteiger partial charge in [-0.05, 0) is 48.6 Å². The van der Waals surface area contributed by atoms with Gasteiger partial charge in [-0.1, -0.05) is 24.8 Å². The highest BCUT2D eigenvalue weighted by Gasteiger charge is 2.48. The van der Waals surface area contributed by atoms with Crippen LogP contribution in [0.25, 0.3) is 0 Å². The van der Waals surface area contributed by atoms with Crippen LogP contribution in [0.1, 0.15) is 30.7 Å². The molecule has 2 fully saturated rings. The van der Waals surface area contributed by atoms with Crippen LogP contribution in [-0.2, 0) is 4.79 Å². The highest BCUT2D eigenvalue weighted by molar-refractivity contribution is 6.26. The van der Waals surface area contributed by atoms with Gasteiger partial charge < -0.3 is 10.7 Å². The average Bonchev–Trinajstić information content (AvgIpc) is 3.43. The van der Waals surface area contributed by atoms with Crippen molar-refractivity contribution in [1.29, 1.82) is 0 Å². The van der Waals surface area contributed by atoms with Crippen LogP contribution in [0.3, 0.4) is 0 Å².